The molecule has 0 heterocycles. The topological polar surface area (TPSA) is 98.7 Å². The summed E-state index contributed by atoms with van der Waals surface area (Å²) in [7, 11) is 0. The maximum absolute atomic E-state index is 10.4. The van der Waals surface area contributed by atoms with E-state index in [9.17, 15) is 9.59 Å². The van der Waals surface area contributed by atoms with Crippen LogP contribution >= 0.6 is 0 Å². The molecule has 0 aliphatic carbocycles. The van der Waals surface area contributed by atoms with Crippen LogP contribution in [0.2, 0.25) is 0 Å². The molecule has 6 nitrogen and oxygen atoms in total. The van der Waals surface area contributed by atoms with Gasteiger partial charge in [-0.05, 0) is 12.8 Å². The largest absolute Gasteiger partial charge is 1.00 e. The van der Waals surface area contributed by atoms with Crippen LogP contribution in [-0.2, 0) is 9.59 Å². The van der Waals surface area contributed by atoms with Crippen molar-refractivity contribution in [3.63, 3.8) is 0 Å². The van der Waals surface area contributed by atoms with Crippen LogP contribution in [0.4, 0.5) is 0 Å². The van der Waals surface area contributed by atoms with Crippen LogP contribution in [0.5, 0.6) is 0 Å². The van der Waals surface area contributed by atoms with Gasteiger partial charge in [-0.1, -0.05) is 0 Å². The molecule has 0 radical (unpaired) electrons. The van der Waals surface area contributed by atoms with Gasteiger partial charge in [0.1, 0.15) is 0 Å². The first kappa shape index (κ1) is 15.3. The Balaban J connectivity index is 0. The predicted octanol–water partition coefficient (Wildman–Crippen LogP) is -3.44. The summed E-state index contributed by atoms with van der Waals surface area (Å²) in [6.45, 7) is 0. The molecule has 0 spiro atoms. The molecular weight excluding hydrogens is 187 g/mol. The molecule has 2 amide bonds. The van der Waals surface area contributed by atoms with Gasteiger partial charge in [0.2, 0.25) is 11.8 Å². The van der Waals surface area contributed by atoms with Gasteiger partial charge in [0.15, 0.2) is 0 Å². The monoisotopic (exact) mass is 199 g/mol. The fourth-order valence-electron chi connectivity index (χ4n) is 0.683. The second-order valence-corrected chi connectivity index (χ2v) is 2.28. The van der Waals surface area contributed by atoms with E-state index in [0.29, 0.717) is 12.8 Å². The number of carbonyl (C=O) groups excluding carboxylic acids is 2. The zero-order valence-electron chi connectivity index (χ0n) is 7.54. The van der Waals surface area contributed by atoms with Gasteiger partial charge in [-0.15, -0.1) is 0 Å². The summed E-state index contributed by atoms with van der Waals surface area (Å²) < 4.78 is 0. The first-order valence-corrected chi connectivity index (χ1v) is 3.56. The minimum Gasteiger partial charge on any atom is -0.289 e. The molecule has 0 aromatic rings. The predicted molar refractivity (Wildman–Crippen MR) is 38.3 cm³/mol. The standard InChI is InChI=1S/C6H12N2O4.Na/c9-5(7-11)3-1-2-4-6(10)8-12;/h11-12H,1-4H2,(H,7,9)(H,8,10);/q;+1. The molecular formula is C6H12N2NaO4+. The van der Waals surface area contributed by atoms with E-state index in [4.69, 9.17) is 10.4 Å². The molecule has 0 saturated carbocycles. The molecule has 0 aliphatic heterocycles. The molecule has 0 atom stereocenters. The Kier molecular flexibility index (Phi) is 11.7. The van der Waals surface area contributed by atoms with Crippen molar-refractivity contribution in [2.45, 2.75) is 25.7 Å². The third-order valence-corrected chi connectivity index (χ3v) is 1.31. The second kappa shape index (κ2) is 9.94. The molecule has 4 N–H and O–H groups in total. The van der Waals surface area contributed by atoms with E-state index in [-0.39, 0.29) is 42.4 Å². The van der Waals surface area contributed by atoms with Gasteiger partial charge >= 0.3 is 29.6 Å². The van der Waals surface area contributed by atoms with Crippen molar-refractivity contribution in [3.05, 3.63) is 0 Å². The maximum atomic E-state index is 10.4. The first-order valence-electron chi connectivity index (χ1n) is 3.56. The summed E-state index contributed by atoms with van der Waals surface area (Å²) in [5.74, 6) is -0.946. The van der Waals surface area contributed by atoms with Crippen molar-refractivity contribution in [2.24, 2.45) is 0 Å². The van der Waals surface area contributed by atoms with E-state index < -0.39 is 11.8 Å². The normalized spacial score (nSPS) is 8.46. The maximum Gasteiger partial charge on any atom is 1.00 e. The molecule has 0 unspecified atom stereocenters. The number of hydroxylamine groups is 2. The van der Waals surface area contributed by atoms with Gasteiger partial charge in [0, 0.05) is 12.8 Å². The summed E-state index contributed by atoms with van der Waals surface area (Å²) in [6.07, 6.45) is 1.35. The van der Waals surface area contributed by atoms with Gasteiger partial charge in [0.25, 0.3) is 0 Å². The van der Waals surface area contributed by atoms with Crippen LogP contribution in [0.15, 0.2) is 0 Å². The van der Waals surface area contributed by atoms with Crippen LogP contribution < -0.4 is 40.5 Å². The van der Waals surface area contributed by atoms with Gasteiger partial charge < -0.3 is 0 Å². The third-order valence-electron chi connectivity index (χ3n) is 1.31. The first-order chi connectivity index (χ1) is 5.70. The van der Waals surface area contributed by atoms with Crippen LogP contribution in [0.3, 0.4) is 0 Å². The van der Waals surface area contributed by atoms with Gasteiger partial charge in [-0.3, -0.25) is 20.0 Å². The summed E-state index contributed by atoms with van der Waals surface area (Å²) in [5.41, 5.74) is 2.96. The molecule has 70 valence electrons. The molecule has 7 heteroatoms. The smallest absolute Gasteiger partial charge is 0.289 e. The Morgan fingerprint density at radius 1 is 0.923 bits per heavy atom. The number of amides is 2. The molecule has 0 rings (SSSR count). The zero-order chi connectivity index (χ0) is 9.40. The van der Waals surface area contributed by atoms with Crippen molar-refractivity contribution >= 4 is 11.8 Å². The Bertz CT molecular complexity index is 147. The van der Waals surface area contributed by atoms with E-state index in [1.54, 1.807) is 0 Å². The number of carbonyl (C=O) groups is 2. The van der Waals surface area contributed by atoms with Gasteiger partial charge in [-0.25, -0.2) is 11.0 Å². The van der Waals surface area contributed by atoms with Crippen LogP contribution in [0.1, 0.15) is 25.7 Å². The van der Waals surface area contributed by atoms with E-state index in [2.05, 4.69) is 0 Å². The number of rotatable bonds is 5. The van der Waals surface area contributed by atoms with Crippen molar-refractivity contribution in [3.8, 4) is 0 Å². The number of hydrogen-bond acceptors (Lipinski definition) is 4. The SMILES string of the molecule is O=C(CCCCC(=O)NO)NO.[Na+]. The Morgan fingerprint density at radius 2 is 1.23 bits per heavy atom. The summed E-state index contributed by atoms with van der Waals surface area (Å²) in [5, 5.41) is 16.1. The molecule has 0 aliphatic rings. The van der Waals surface area contributed by atoms with E-state index in [0.717, 1.165) is 0 Å². The van der Waals surface area contributed by atoms with Crippen LogP contribution in [0, 0.1) is 0 Å². The van der Waals surface area contributed by atoms with Crippen molar-refractivity contribution in [1.82, 2.24) is 11.0 Å². The summed E-state index contributed by atoms with van der Waals surface area (Å²) in [4.78, 5) is 20.8. The van der Waals surface area contributed by atoms with Crippen LogP contribution in [-0.4, -0.2) is 22.2 Å². The van der Waals surface area contributed by atoms with Gasteiger partial charge in [-0.2, -0.15) is 0 Å². The molecule has 13 heavy (non-hydrogen) atoms. The molecule has 0 aromatic carbocycles. The fourth-order valence-corrected chi connectivity index (χ4v) is 0.683. The van der Waals surface area contributed by atoms with Crippen LogP contribution in [0.25, 0.3) is 0 Å². The fraction of sp³-hybridized carbons (Fsp3) is 0.667. The third kappa shape index (κ3) is 9.78. The number of nitrogens with one attached hydrogen (secondary N) is 2. The minimum absolute atomic E-state index is 0. The average molecular weight is 199 g/mol. The zero-order valence-corrected chi connectivity index (χ0v) is 9.54. The molecule has 0 bridgehead atoms. The average Bonchev–Trinajstić information content (AvgIpc) is 2.11. The Morgan fingerprint density at radius 3 is 1.46 bits per heavy atom. The second-order valence-electron chi connectivity index (χ2n) is 2.28. The van der Waals surface area contributed by atoms with E-state index in [1.165, 1.54) is 11.0 Å². The summed E-state index contributed by atoms with van der Waals surface area (Å²) >= 11 is 0. The Labute approximate surface area is 97.9 Å². The van der Waals surface area contributed by atoms with Crippen molar-refractivity contribution < 1.29 is 49.6 Å². The molecule has 0 saturated heterocycles. The molecule has 0 fully saturated rings. The quantitative estimate of drug-likeness (QED) is 0.160. The summed E-state index contributed by atoms with van der Waals surface area (Å²) in [6, 6.07) is 0. The number of unbranched alkanes of at least 4 members (excludes halogenated alkanes) is 1. The van der Waals surface area contributed by atoms with Gasteiger partial charge in [0.05, 0.1) is 0 Å². The van der Waals surface area contributed by atoms with E-state index in [1.807, 2.05) is 0 Å². The van der Waals surface area contributed by atoms with Crippen molar-refractivity contribution in [1.29, 1.82) is 0 Å². The minimum atomic E-state index is -0.473. The Hall–Kier alpha value is -0.140. The number of hydrogen-bond donors (Lipinski definition) is 4. The molecule has 0 aromatic heterocycles. The van der Waals surface area contributed by atoms with E-state index >= 15 is 0 Å². The van der Waals surface area contributed by atoms with Crippen molar-refractivity contribution in [2.75, 3.05) is 0 Å².